The van der Waals surface area contributed by atoms with E-state index in [-0.39, 0.29) is 6.61 Å². The monoisotopic (exact) mass is 167 g/mol. The number of hydrogen-bond acceptors (Lipinski definition) is 3. The van der Waals surface area contributed by atoms with Gasteiger partial charge < -0.3 is 9.84 Å². The van der Waals surface area contributed by atoms with E-state index in [1.54, 1.807) is 19.4 Å². The fraction of sp³-hybridized carbons (Fsp3) is 0.444. The Balaban J connectivity index is 2.68. The Labute approximate surface area is 72.0 Å². The van der Waals surface area contributed by atoms with E-state index in [0.29, 0.717) is 5.69 Å². The van der Waals surface area contributed by atoms with Crippen LogP contribution in [0.5, 0.6) is 0 Å². The lowest BCUT2D eigenvalue weighted by molar-refractivity contribution is 0.0617. The maximum atomic E-state index is 9.42. The summed E-state index contributed by atoms with van der Waals surface area (Å²) in [4.78, 5) is 4.07. The van der Waals surface area contributed by atoms with Crippen LogP contribution in [0.2, 0.25) is 0 Å². The van der Waals surface area contributed by atoms with Crippen LogP contribution in [-0.2, 0) is 4.74 Å². The van der Waals surface area contributed by atoms with Crippen molar-refractivity contribution in [3.05, 3.63) is 29.6 Å². The summed E-state index contributed by atoms with van der Waals surface area (Å²) in [6.07, 6.45) is 1.12. The zero-order valence-electron chi connectivity index (χ0n) is 7.32. The molecule has 0 aromatic carbocycles. The third kappa shape index (κ3) is 2.29. The average Bonchev–Trinajstić information content (AvgIpc) is 2.06. The van der Waals surface area contributed by atoms with Crippen molar-refractivity contribution in [2.45, 2.75) is 13.0 Å². The normalized spacial score (nSPS) is 12.9. The van der Waals surface area contributed by atoms with Gasteiger partial charge in [0.2, 0.25) is 0 Å². The van der Waals surface area contributed by atoms with Crippen molar-refractivity contribution in [2.75, 3.05) is 13.7 Å². The molecule has 1 heterocycles. The predicted molar refractivity (Wildman–Crippen MR) is 45.8 cm³/mol. The van der Waals surface area contributed by atoms with E-state index in [1.807, 2.05) is 13.0 Å². The molecule has 0 bridgehead atoms. The Morgan fingerprint density at radius 2 is 2.33 bits per heavy atom. The number of pyridine rings is 1. The summed E-state index contributed by atoms with van der Waals surface area (Å²) in [6, 6.07) is 3.72. The molecule has 12 heavy (non-hydrogen) atoms. The van der Waals surface area contributed by atoms with Crippen molar-refractivity contribution < 1.29 is 9.84 Å². The number of aliphatic hydroxyl groups excluding tert-OH is 1. The molecule has 0 spiro atoms. The Kier molecular flexibility index (Phi) is 3.19. The van der Waals surface area contributed by atoms with Crippen LogP contribution >= 0.6 is 0 Å². The topological polar surface area (TPSA) is 42.4 Å². The number of nitrogens with zero attached hydrogens (tertiary/aromatic N) is 1. The van der Waals surface area contributed by atoms with Gasteiger partial charge in [0.15, 0.2) is 0 Å². The second-order valence-electron chi connectivity index (χ2n) is 2.73. The van der Waals surface area contributed by atoms with Crippen LogP contribution in [0, 0.1) is 6.92 Å². The van der Waals surface area contributed by atoms with Gasteiger partial charge in [0, 0.05) is 13.3 Å². The van der Waals surface area contributed by atoms with Gasteiger partial charge in [-0.3, -0.25) is 4.98 Å². The van der Waals surface area contributed by atoms with E-state index in [4.69, 9.17) is 4.74 Å². The number of aryl methyl sites for hydroxylation is 1. The van der Waals surface area contributed by atoms with Crippen molar-refractivity contribution in [1.29, 1.82) is 0 Å². The SMILES string of the molecule is COCC(O)c1ccc(C)cn1. The third-order valence-corrected chi connectivity index (χ3v) is 1.60. The van der Waals surface area contributed by atoms with E-state index in [0.717, 1.165) is 5.56 Å². The summed E-state index contributed by atoms with van der Waals surface area (Å²) in [5, 5.41) is 9.42. The molecule has 0 aliphatic heterocycles. The lowest BCUT2D eigenvalue weighted by atomic mass is 10.2. The minimum absolute atomic E-state index is 0.288. The van der Waals surface area contributed by atoms with Crippen molar-refractivity contribution >= 4 is 0 Å². The highest BCUT2D eigenvalue weighted by Gasteiger charge is 2.06. The van der Waals surface area contributed by atoms with Gasteiger partial charge >= 0.3 is 0 Å². The first-order valence-electron chi connectivity index (χ1n) is 3.83. The van der Waals surface area contributed by atoms with Gasteiger partial charge in [0.25, 0.3) is 0 Å². The van der Waals surface area contributed by atoms with E-state index < -0.39 is 6.10 Å². The smallest absolute Gasteiger partial charge is 0.119 e. The van der Waals surface area contributed by atoms with E-state index in [2.05, 4.69) is 4.98 Å². The Morgan fingerprint density at radius 1 is 1.58 bits per heavy atom. The molecule has 1 aromatic heterocycles. The van der Waals surface area contributed by atoms with Crippen LogP contribution in [0.25, 0.3) is 0 Å². The van der Waals surface area contributed by atoms with Crippen LogP contribution in [-0.4, -0.2) is 23.8 Å². The summed E-state index contributed by atoms with van der Waals surface area (Å²) >= 11 is 0. The largest absolute Gasteiger partial charge is 0.384 e. The summed E-state index contributed by atoms with van der Waals surface area (Å²) < 4.78 is 4.80. The molecule has 3 heteroatoms. The predicted octanol–water partition coefficient (Wildman–Crippen LogP) is 1.07. The molecule has 0 saturated carbocycles. The Hall–Kier alpha value is -0.930. The summed E-state index contributed by atoms with van der Waals surface area (Å²) in [5.41, 5.74) is 1.74. The van der Waals surface area contributed by atoms with Crippen LogP contribution in [0.4, 0.5) is 0 Å². The maximum absolute atomic E-state index is 9.42. The van der Waals surface area contributed by atoms with Crippen molar-refractivity contribution in [3.8, 4) is 0 Å². The molecule has 1 N–H and O–H groups in total. The number of rotatable bonds is 3. The first kappa shape index (κ1) is 9.16. The zero-order valence-corrected chi connectivity index (χ0v) is 7.32. The van der Waals surface area contributed by atoms with Gasteiger partial charge in [0.1, 0.15) is 6.10 Å². The molecular weight excluding hydrogens is 154 g/mol. The van der Waals surface area contributed by atoms with Crippen molar-refractivity contribution in [1.82, 2.24) is 4.98 Å². The molecule has 1 aromatic rings. The molecule has 0 radical (unpaired) electrons. The lowest BCUT2D eigenvalue weighted by Gasteiger charge is -2.07. The molecule has 3 nitrogen and oxygen atoms in total. The Morgan fingerprint density at radius 3 is 2.83 bits per heavy atom. The van der Waals surface area contributed by atoms with E-state index in [1.165, 1.54) is 0 Å². The van der Waals surface area contributed by atoms with Crippen molar-refractivity contribution in [3.63, 3.8) is 0 Å². The van der Waals surface area contributed by atoms with Gasteiger partial charge in [-0.25, -0.2) is 0 Å². The third-order valence-electron chi connectivity index (χ3n) is 1.60. The molecule has 0 aliphatic carbocycles. The van der Waals surface area contributed by atoms with Gasteiger partial charge in [-0.15, -0.1) is 0 Å². The highest BCUT2D eigenvalue weighted by molar-refractivity contribution is 5.13. The average molecular weight is 167 g/mol. The minimum Gasteiger partial charge on any atom is -0.384 e. The number of aliphatic hydroxyl groups is 1. The van der Waals surface area contributed by atoms with Crippen LogP contribution < -0.4 is 0 Å². The second-order valence-corrected chi connectivity index (χ2v) is 2.73. The maximum Gasteiger partial charge on any atom is 0.119 e. The molecular formula is C9H13NO2. The van der Waals surface area contributed by atoms with Gasteiger partial charge in [-0.05, 0) is 18.6 Å². The lowest BCUT2D eigenvalue weighted by Crippen LogP contribution is -2.06. The second kappa shape index (κ2) is 4.18. The van der Waals surface area contributed by atoms with Crippen LogP contribution in [0.1, 0.15) is 17.4 Å². The molecule has 66 valence electrons. The number of aromatic nitrogens is 1. The first-order valence-corrected chi connectivity index (χ1v) is 3.83. The first-order chi connectivity index (χ1) is 5.74. The van der Waals surface area contributed by atoms with E-state index >= 15 is 0 Å². The molecule has 1 rings (SSSR count). The highest BCUT2D eigenvalue weighted by atomic mass is 16.5. The van der Waals surface area contributed by atoms with E-state index in [9.17, 15) is 5.11 Å². The quantitative estimate of drug-likeness (QED) is 0.732. The fourth-order valence-corrected chi connectivity index (χ4v) is 0.920. The molecule has 1 atom stereocenters. The molecule has 0 saturated heterocycles. The molecule has 0 amide bonds. The number of hydrogen-bond donors (Lipinski definition) is 1. The molecule has 1 unspecified atom stereocenters. The number of methoxy groups -OCH3 is 1. The highest BCUT2D eigenvalue weighted by Crippen LogP contribution is 2.09. The summed E-state index contributed by atoms with van der Waals surface area (Å²) in [7, 11) is 1.55. The number of ether oxygens (including phenoxy) is 1. The zero-order chi connectivity index (χ0) is 8.97. The van der Waals surface area contributed by atoms with Crippen LogP contribution in [0.15, 0.2) is 18.3 Å². The Bertz CT molecular complexity index is 233. The fourth-order valence-electron chi connectivity index (χ4n) is 0.920. The molecule has 0 fully saturated rings. The summed E-state index contributed by atoms with van der Waals surface area (Å²) in [5.74, 6) is 0. The summed E-state index contributed by atoms with van der Waals surface area (Å²) in [6.45, 7) is 2.25. The standard InChI is InChI=1S/C9H13NO2/c1-7-3-4-8(10-5-7)9(11)6-12-2/h3-5,9,11H,6H2,1-2H3. The van der Waals surface area contributed by atoms with Gasteiger partial charge in [-0.1, -0.05) is 6.07 Å². The van der Waals surface area contributed by atoms with Gasteiger partial charge in [0.05, 0.1) is 12.3 Å². The van der Waals surface area contributed by atoms with Crippen molar-refractivity contribution in [2.24, 2.45) is 0 Å². The molecule has 0 aliphatic rings. The van der Waals surface area contributed by atoms with Gasteiger partial charge in [-0.2, -0.15) is 0 Å². The minimum atomic E-state index is -0.615. The van der Waals surface area contributed by atoms with Crippen LogP contribution in [0.3, 0.4) is 0 Å².